The fourth-order valence-electron chi connectivity index (χ4n) is 6.92. The van der Waals surface area contributed by atoms with Crippen molar-refractivity contribution >= 4 is 79.5 Å². The number of H-pyrrole nitrogens is 1. The number of nitrogens with two attached hydrogens (primary N) is 2. The van der Waals surface area contributed by atoms with Gasteiger partial charge in [0.2, 0.25) is 0 Å². The van der Waals surface area contributed by atoms with Crippen LogP contribution in [0.1, 0.15) is 48.7 Å². The first-order valence-electron chi connectivity index (χ1n) is 15.0. The Hall–Kier alpha value is -2.93. The van der Waals surface area contributed by atoms with E-state index < -0.39 is 16.3 Å². The Bertz CT molecular complexity index is 1680. The lowest BCUT2D eigenvalue weighted by atomic mass is 9.65. The maximum Gasteiger partial charge on any atom is 0.311 e. The van der Waals surface area contributed by atoms with Gasteiger partial charge in [0, 0.05) is 53.0 Å². The first kappa shape index (κ1) is 36.9. The van der Waals surface area contributed by atoms with Crippen molar-refractivity contribution in [2.24, 2.45) is 28.6 Å². The number of methoxy groups -OCH3 is 1. The minimum Gasteiger partial charge on any atom is -0.469 e. The summed E-state index contributed by atoms with van der Waals surface area (Å²) in [5.74, 6) is 0.935. The number of aromatic amines is 1. The summed E-state index contributed by atoms with van der Waals surface area (Å²) in [6, 6.07) is 8.83. The fraction of sp³-hybridized carbons (Fsp3) is 0.517. The van der Waals surface area contributed by atoms with Crippen molar-refractivity contribution in [3.8, 4) is 0 Å². The molecule has 4 heterocycles. The number of aromatic nitrogens is 2. The molecule has 1 saturated heterocycles. The molecule has 3 aromatic rings. The molecule has 1 saturated carbocycles. The van der Waals surface area contributed by atoms with E-state index in [9.17, 15) is 18.3 Å². The molecule has 1 aliphatic carbocycles. The largest absolute Gasteiger partial charge is 0.469 e. The van der Waals surface area contributed by atoms with Crippen LogP contribution in [-0.4, -0.2) is 78.2 Å². The lowest BCUT2D eigenvalue weighted by molar-refractivity contribution is -0.160. The van der Waals surface area contributed by atoms with Gasteiger partial charge in [0.15, 0.2) is 11.1 Å². The van der Waals surface area contributed by atoms with E-state index in [0.29, 0.717) is 35.0 Å². The molecule has 0 bridgehead atoms. The lowest BCUT2D eigenvalue weighted by Crippen LogP contribution is -2.53. The van der Waals surface area contributed by atoms with Crippen LogP contribution >= 0.6 is 35.5 Å². The molecular formula is C29H42ClN9O5S3. The number of aliphatic hydroxyl groups excluding tert-OH is 1. The molecule has 5 atom stereocenters. The number of para-hydroxylation sites is 1. The standard InChI is InChI=1S/C21H26N2O3.C8H15N7O2S3.ClH/c1-26-21(25)19-15-10-17-20-14(13-4-2-3-5-16(13)22-20)8-9-23(17)11-12(15)6-7-18(19)24;9-6(15-20(12,16)17)1-2-18-3-5-4-19-8(13-5)14-7(10)11;/h2-5,12,15,17-19,22,24H,6-11H2,1H3;4H,1-3H2,(H2,9,15)(H2,12,16,17)(H4,10,11,13,14);1H/t12-,15-,17-,18-,19+;;/m0../s1. The number of nitrogens with zero attached hydrogens (tertiary/aromatic N) is 2. The number of carbonyl (C=O) groups is 1. The predicted octanol–water partition coefficient (Wildman–Crippen LogP) is 2.91. The number of fused-ring (bicyclic) bond motifs is 6. The van der Waals surface area contributed by atoms with Gasteiger partial charge in [-0.2, -0.15) is 20.2 Å². The molecular weight excluding hydrogens is 686 g/mol. The van der Waals surface area contributed by atoms with Crippen LogP contribution < -0.4 is 20.9 Å². The number of guanidine groups is 1. The average Bonchev–Trinajstić information content (AvgIpc) is 3.61. The maximum atomic E-state index is 12.4. The molecule has 258 valence electrons. The van der Waals surface area contributed by atoms with Crippen molar-refractivity contribution in [3.05, 3.63) is 46.6 Å². The van der Waals surface area contributed by atoms with Crippen LogP contribution in [0.3, 0.4) is 0 Å². The normalized spacial score (nSPS) is 23.5. The van der Waals surface area contributed by atoms with Crippen LogP contribution in [0.4, 0.5) is 5.13 Å². The Morgan fingerprint density at radius 2 is 2.06 bits per heavy atom. The number of halogens is 1. The molecule has 47 heavy (non-hydrogen) atoms. The number of benzene rings is 1. The number of amidine groups is 1. The number of hydrogen-bond donors (Lipinski definition) is 8. The molecule has 0 unspecified atom stereocenters. The molecule has 0 spiro atoms. The number of nitrogens with one attached hydrogen (secondary N) is 5. The summed E-state index contributed by atoms with van der Waals surface area (Å²) in [7, 11) is -2.42. The van der Waals surface area contributed by atoms with Crippen LogP contribution in [0.25, 0.3) is 10.9 Å². The second-order valence-electron chi connectivity index (χ2n) is 11.8. The van der Waals surface area contributed by atoms with Crippen LogP contribution in [0.5, 0.6) is 0 Å². The number of piperidine rings is 1. The highest BCUT2D eigenvalue weighted by molar-refractivity contribution is 7.98. The molecule has 1 aromatic carbocycles. The summed E-state index contributed by atoms with van der Waals surface area (Å²) in [4.78, 5) is 22.8. The Balaban J connectivity index is 0.000000217. The smallest absolute Gasteiger partial charge is 0.311 e. The second kappa shape index (κ2) is 16.0. The Morgan fingerprint density at radius 1 is 1.30 bits per heavy atom. The fourth-order valence-corrected chi connectivity index (χ4v) is 9.05. The molecule has 0 amide bonds. The molecule has 2 aliphatic heterocycles. The van der Waals surface area contributed by atoms with Crippen molar-refractivity contribution in [1.29, 1.82) is 10.8 Å². The number of carbonyl (C=O) groups excluding carboxylic acids is 1. The highest BCUT2D eigenvalue weighted by atomic mass is 35.5. The summed E-state index contributed by atoms with van der Waals surface area (Å²) in [5.41, 5.74) is 9.97. The van der Waals surface area contributed by atoms with Crippen molar-refractivity contribution in [2.45, 2.75) is 50.0 Å². The van der Waals surface area contributed by atoms with Gasteiger partial charge >= 0.3 is 5.97 Å². The SMILES string of the molecule is COC(=O)[C@@H]1[C@H]2C[C@H]3c4[nH]c5ccccc5c4CCN3C[C@@H]2CC[C@@H]1O.Cl.N=C(N)Nc1nc(CSCCC(=N)NS(N)(=O)=O)cs1. The Morgan fingerprint density at radius 3 is 2.79 bits per heavy atom. The zero-order valence-corrected chi connectivity index (χ0v) is 29.2. The molecule has 18 heteroatoms. The van der Waals surface area contributed by atoms with E-state index in [1.165, 1.54) is 52.4 Å². The van der Waals surface area contributed by atoms with E-state index in [-0.39, 0.29) is 48.4 Å². The minimum absolute atomic E-state index is 0. The Labute approximate surface area is 288 Å². The number of thiazole rings is 1. The van der Waals surface area contributed by atoms with Gasteiger partial charge in [-0.25, -0.2) is 10.1 Å². The highest BCUT2D eigenvalue weighted by Gasteiger charge is 2.49. The summed E-state index contributed by atoms with van der Waals surface area (Å²) >= 11 is 2.85. The van der Waals surface area contributed by atoms with Gasteiger partial charge in [-0.3, -0.25) is 25.2 Å². The third-order valence-electron chi connectivity index (χ3n) is 8.83. The zero-order chi connectivity index (χ0) is 33.0. The number of esters is 1. The number of thioether (sulfide) groups is 1. The van der Waals surface area contributed by atoms with Gasteiger partial charge in [-0.15, -0.1) is 23.7 Å². The molecule has 6 rings (SSSR count). The quantitative estimate of drug-likeness (QED) is 0.0731. The van der Waals surface area contributed by atoms with E-state index >= 15 is 0 Å². The number of rotatable bonds is 8. The van der Waals surface area contributed by atoms with Crippen molar-refractivity contribution in [1.82, 2.24) is 19.6 Å². The third kappa shape index (κ3) is 9.16. The van der Waals surface area contributed by atoms with Gasteiger partial charge in [0.25, 0.3) is 10.2 Å². The summed E-state index contributed by atoms with van der Waals surface area (Å²) in [6.45, 7) is 2.10. The third-order valence-corrected chi connectivity index (χ3v) is 11.2. The Kier molecular flexibility index (Phi) is 12.5. The number of anilines is 1. The van der Waals surface area contributed by atoms with Gasteiger partial charge < -0.3 is 25.9 Å². The van der Waals surface area contributed by atoms with Gasteiger partial charge in [-0.05, 0) is 49.1 Å². The van der Waals surface area contributed by atoms with Crippen molar-refractivity contribution < 1.29 is 23.1 Å². The molecule has 2 fully saturated rings. The summed E-state index contributed by atoms with van der Waals surface area (Å²) in [6.07, 6.45) is 3.40. The van der Waals surface area contributed by atoms with E-state index in [1.54, 1.807) is 0 Å². The average molecular weight is 728 g/mol. The summed E-state index contributed by atoms with van der Waals surface area (Å²) < 4.78 is 28.3. The first-order valence-corrected chi connectivity index (χ1v) is 18.6. The minimum atomic E-state index is -3.86. The molecule has 2 aromatic heterocycles. The monoisotopic (exact) mass is 727 g/mol. The molecule has 14 nitrogen and oxygen atoms in total. The number of ether oxygens (including phenoxy) is 1. The molecule has 3 aliphatic rings. The highest BCUT2D eigenvalue weighted by Crippen LogP contribution is 2.49. The van der Waals surface area contributed by atoms with Crippen LogP contribution in [0, 0.1) is 28.6 Å². The van der Waals surface area contributed by atoms with Gasteiger partial charge in [0.05, 0.1) is 30.9 Å². The zero-order valence-electron chi connectivity index (χ0n) is 25.9. The van der Waals surface area contributed by atoms with E-state index in [1.807, 2.05) is 10.1 Å². The lowest BCUT2D eigenvalue weighted by Gasteiger charge is -2.50. The van der Waals surface area contributed by atoms with Gasteiger partial charge in [-0.1, -0.05) is 18.2 Å². The number of hydrogen-bond acceptors (Lipinski definition) is 11. The van der Waals surface area contributed by atoms with E-state index in [0.717, 1.165) is 38.0 Å². The molecule has 0 radical (unpaired) electrons. The summed E-state index contributed by atoms with van der Waals surface area (Å²) in [5, 5.41) is 36.0. The van der Waals surface area contributed by atoms with Crippen LogP contribution in [-0.2, 0) is 31.9 Å². The van der Waals surface area contributed by atoms with Gasteiger partial charge in [0.1, 0.15) is 5.84 Å². The van der Waals surface area contributed by atoms with Crippen LogP contribution in [0.15, 0.2) is 29.6 Å². The maximum absolute atomic E-state index is 12.4. The van der Waals surface area contributed by atoms with Crippen molar-refractivity contribution in [2.75, 3.05) is 31.3 Å². The topological polar surface area (TPSA) is 236 Å². The number of aliphatic hydroxyl groups is 1. The van der Waals surface area contributed by atoms with E-state index in [2.05, 4.69) is 44.5 Å². The van der Waals surface area contributed by atoms with E-state index in [4.69, 9.17) is 26.4 Å². The van der Waals surface area contributed by atoms with Crippen LogP contribution in [0.2, 0.25) is 0 Å². The molecule has 10 N–H and O–H groups in total. The van der Waals surface area contributed by atoms with Crippen molar-refractivity contribution in [3.63, 3.8) is 0 Å². The first-order chi connectivity index (χ1) is 21.9. The second-order valence-corrected chi connectivity index (χ2v) is 15.0. The predicted molar refractivity (Wildman–Crippen MR) is 188 cm³/mol.